The molecule has 2 heterocycles. The van der Waals surface area contributed by atoms with E-state index in [0.717, 1.165) is 11.1 Å². The largest absolute Gasteiger partial charge is 0.479 e. The first kappa shape index (κ1) is 12.5. The summed E-state index contributed by atoms with van der Waals surface area (Å²) in [5.74, 6) is -0.839. The first-order valence-corrected chi connectivity index (χ1v) is 6.08. The maximum atomic E-state index is 11.6. The van der Waals surface area contributed by atoms with Gasteiger partial charge in [-0.05, 0) is 31.4 Å². The second-order valence-electron chi connectivity index (χ2n) is 4.51. The highest BCUT2D eigenvalue weighted by molar-refractivity contribution is 5.80. The average molecular weight is 247 g/mol. The molecule has 1 N–H and O–H groups in total. The number of carbonyl (C=O) groups is 1. The molecule has 0 amide bonds. The van der Waals surface area contributed by atoms with E-state index in [4.69, 9.17) is 0 Å². The number of carboxylic acid groups (broad SMARTS) is 1. The minimum atomic E-state index is -0.961. The van der Waals surface area contributed by atoms with Crippen molar-refractivity contribution in [2.45, 2.75) is 39.2 Å². The van der Waals surface area contributed by atoms with Crippen molar-refractivity contribution in [1.29, 1.82) is 0 Å². The van der Waals surface area contributed by atoms with Crippen LogP contribution in [0.3, 0.4) is 0 Å². The van der Waals surface area contributed by atoms with E-state index in [1.54, 1.807) is 17.1 Å². The third-order valence-corrected chi connectivity index (χ3v) is 3.55. The molecule has 0 atom stereocenters. The quantitative estimate of drug-likeness (QED) is 0.900. The SMILES string of the molecule is CCC(CC)(C(=O)O)n1cnc2cc(C)cnc21. The smallest absolute Gasteiger partial charge is 0.329 e. The Hall–Kier alpha value is -1.91. The van der Waals surface area contributed by atoms with Gasteiger partial charge in [-0.2, -0.15) is 0 Å². The van der Waals surface area contributed by atoms with E-state index < -0.39 is 11.5 Å². The molecule has 0 radical (unpaired) electrons. The van der Waals surface area contributed by atoms with Gasteiger partial charge in [-0.1, -0.05) is 13.8 Å². The number of pyridine rings is 1. The lowest BCUT2D eigenvalue weighted by Crippen LogP contribution is -2.40. The normalized spacial score (nSPS) is 11.9. The molecule has 0 aliphatic heterocycles. The molecule has 0 aromatic carbocycles. The molecule has 2 aromatic heterocycles. The third-order valence-electron chi connectivity index (χ3n) is 3.55. The summed E-state index contributed by atoms with van der Waals surface area (Å²) in [5.41, 5.74) is 1.42. The van der Waals surface area contributed by atoms with E-state index in [-0.39, 0.29) is 0 Å². The minimum absolute atomic E-state index is 0.500. The molecule has 0 fully saturated rings. The van der Waals surface area contributed by atoms with Gasteiger partial charge in [0.2, 0.25) is 0 Å². The van der Waals surface area contributed by atoms with Crippen LogP contribution in [0, 0.1) is 6.92 Å². The molecular formula is C13H17N3O2. The van der Waals surface area contributed by atoms with Crippen molar-refractivity contribution in [1.82, 2.24) is 14.5 Å². The van der Waals surface area contributed by atoms with Crippen molar-refractivity contribution in [2.24, 2.45) is 0 Å². The topological polar surface area (TPSA) is 68.0 Å². The predicted octanol–water partition coefficient (Wildman–Crippen LogP) is 2.34. The van der Waals surface area contributed by atoms with Crippen LogP contribution < -0.4 is 0 Å². The molecule has 0 saturated heterocycles. The Morgan fingerprint density at radius 3 is 2.61 bits per heavy atom. The highest BCUT2D eigenvalue weighted by Gasteiger charge is 2.38. The fraction of sp³-hybridized carbons (Fsp3) is 0.462. The average Bonchev–Trinajstić information content (AvgIpc) is 2.75. The summed E-state index contributed by atoms with van der Waals surface area (Å²) in [7, 11) is 0. The molecule has 2 aromatic rings. The number of fused-ring (bicyclic) bond motifs is 1. The molecule has 0 aliphatic rings. The Bertz CT molecular complexity index is 585. The van der Waals surface area contributed by atoms with Crippen molar-refractivity contribution < 1.29 is 9.90 Å². The van der Waals surface area contributed by atoms with Crippen molar-refractivity contribution in [3.63, 3.8) is 0 Å². The number of nitrogens with zero attached hydrogens (tertiary/aromatic N) is 3. The second-order valence-corrected chi connectivity index (χ2v) is 4.51. The maximum absolute atomic E-state index is 11.6. The van der Waals surface area contributed by atoms with E-state index in [1.165, 1.54) is 0 Å². The number of hydrogen-bond donors (Lipinski definition) is 1. The number of carboxylic acids is 1. The van der Waals surface area contributed by atoms with Gasteiger partial charge < -0.3 is 5.11 Å². The zero-order valence-corrected chi connectivity index (χ0v) is 10.8. The van der Waals surface area contributed by atoms with E-state index in [1.807, 2.05) is 26.8 Å². The van der Waals surface area contributed by atoms with Crippen molar-refractivity contribution in [3.05, 3.63) is 24.2 Å². The fourth-order valence-corrected chi connectivity index (χ4v) is 2.31. The molecule has 0 saturated carbocycles. The molecule has 2 rings (SSSR count). The molecule has 5 nitrogen and oxygen atoms in total. The van der Waals surface area contributed by atoms with Crippen molar-refractivity contribution >= 4 is 17.1 Å². The Labute approximate surface area is 105 Å². The zero-order chi connectivity index (χ0) is 13.3. The van der Waals surface area contributed by atoms with Crippen molar-refractivity contribution in [3.8, 4) is 0 Å². The standard InChI is InChI=1S/C13H17N3O2/c1-4-13(5-2,12(17)18)16-8-15-10-6-9(3)7-14-11(10)16/h6-8H,4-5H2,1-3H3,(H,17,18). The summed E-state index contributed by atoms with van der Waals surface area (Å²) in [4.78, 5) is 20.2. The number of aromatic nitrogens is 3. The Balaban J connectivity index is 2.69. The Morgan fingerprint density at radius 1 is 1.39 bits per heavy atom. The molecule has 0 aliphatic carbocycles. The highest BCUT2D eigenvalue weighted by Crippen LogP contribution is 2.29. The maximum Gasteiger partial charge on any atom is 0.329 e. The summed E-state index contributed by atoms with van der Waals surface area (Å²) < 4.78 is 1.68. The third kappa shape index (κ3) is 1.66. The van der Waals surface area contributed by atoms with Gasteiger partial charge in [-0.3, -0.25) is 4.57 Å². The summed E-state index contributed by atoms with van der Waals surface area (Å²) in [6.45, 7) is 5.69. The molecular weight excluding hydrogens is 230 g/mol. The molecule has 0 spiro atoms. The van der Waals surface area contributed by atoms with Gasteiger partial charge in [0.05, 0.1) is 6.33 Å². The second kappa shape index (κ2) is 4.40. The van der Waals surface area contributed by atoms with Gasteiger partial charge in [-0.25, -0.2) is 14.8 Å². The Kier molecular flexibility index (Phi) is 3.07. The number of aliphatic carboxylic acids is 1. The molecule has 96 valence electrons. The summed E-state index contributed by atoms with van der Waals surface area (Å²) in [6.07, 6.45) is 4.32. The molecule has 18 heavy (non-hydrogen) atoms. The zero-order valence-electron chi connectivity index (χ0n) is 10.8. The number of hydrogen-bond acceptors (Lipinski definition) is 3. The number of rotatable bonds is 4. The molecule has 5 heteroatoms. The molecule has 0 bridgehead atoms. The van der Waals surface area contributed by atoms with E-state index in [9.17, 15) is 9.90 Å². The summed E-state index contributed by atoms with van der Waals surface area (Å²) >= 11 is 0. The lowest BCUT2D eigenvalue weighted by Gasteiger charge is -2.28. The first-order chi connectivity index (χ1) is 8.55. The van der Waals surface area contributed by atoms with Gasteiger partial charge >= 0.3 is 5.97 Å². The van der Waals surface area contributed by atoms with Gasteiger partial charge in [0.15, 0.2) is 5.65 Å². The van der Waals surface area contributed by atoms with Crippen LogP contribution in [0.1, 0.15) is 32.3 Å². The number of imidazole rings is 1. The minimum Gasteiger partial charge on any atom is -0.479 e. The first-order valence-electron chi connectivity index (χ1n) is 6.08. The van der Waals surface area contributed by atoms with Crippen LogP contribution in [0.4, 0.5) is 0 Å². The van der Waals surface area contributed by atoms with Gasteiger partial charge in [0, 0.05) is 6.20 Å². The van der Waals surface area contributed by atoms with E-state index >= 15 is 0 Å². The van der Waals surface area contributed by atoms with Crippen LogP contribution in [0.5, 0.6) is 0 Å². The van der Waals surface area contributed by atoms with Crippen LogP contribution in [-0.4, -0.2) is 25.6 Å². The van der Waals surface area contributed by atoms with Gasteiger partial charge in [0.1, 0.15) is 11.1 Å². The van der Waals surface area contributed by atoms with Crippen LogP contribution in [-0.2, 0) is 10.3 Å². The van der Waals surface area contributed by atoms with Crippen LogP contribution in [0.15, 0.2) is 18.6 Å². The molecule has 0 unspecified atom stereocenters. The van der Waals surface area contributed by atoms with E-state index in [0.29, 0.717) is 18.5 Å². The lowest BCUT2D eigenvalue weighted by molar-refractivity contribution is -0.147. The monoisotopic (exact) mass is 247 g/mol. The summed E-state index contributed by atoms with van der Waals surface area (Å²) in [6, 6.07) is 1.91. The fourth-order valence-electron chi connectivity index (χ4n) is 2.31. The lowest BCUT2D eigenvalue weighted by atomic mass is 9.92. The highest BCUT2D eigenvalue weighted by atomic mass is 16.4. The van der Waals surface area contributed by atoms with Gasteiger partial charge in [-0.15, -0.1) is 0 Å². The van der Waals surface area contributed by atoms with Crippen molar-refractivity contribution in [2.75, 3.05) is 0 Å². The van der Waals surface area contributed by atoms with Crippen LogP contribution >= 0.6 is 0 Å². The van der Waals surface area contributed by atoms with E-state index in [2.05, 4.69) is 9.97 Å². The van der Waals surface area contributed by atoms with Crippen LogP contribution in [0.25, 0.3) is 11.2 Å². The predicted molar refractivity (Wildman–Crippen MR) is 68.5 cm³/mol. The summed E-state index contributed by atoms with van der Waals surface area (Å²) in [5, 5.41) is 9.53. The van der Waals surface area contributed by atoms with Crippen LogP contribution in [0.2, 0.25) is 0 Å². The Morgan fingerprint density at radius 2 is 2.06 bits per heavy atom. The number of aryl methyl sites for hydroxylation is 1. The van der Waals surface area contributed by atoms with Gasteiger partial charge in [0.25, 0.3) is 0 Å².